The van der Waals surface area contributed by atoms with Crippen LogP contribution in [0, 0.1) is 0 Å². The zero-order chi connectivity index (χ0) is 12.7. The topological polar surface area (TPSA) is 18.5 Å². The van der Waals surface area contributed by atoms with Gasteiger partial charge in [0, 0.05) is 10.2 Å². The molecule has 0 fully saturated rings. The summed E-state index contributed by atoms with van der Waals surface area (Å²) in [6, 6.07) is 6.10. The summed E-state index contributed by atoms with van der Waals surface area (Å²) in [5.74, 6) is 2.13. The summed E-state index contributed by atoms with van der Waals surface area (Å²) in [7, 11) is 0. The molecule has 0 aliphatic carbocycles. The van der Waals surface area contributed by atoms with Gasteiger partial charge in [-0.25, -0.2) is 0 Å². The highest BCUT2D eigenvalue weighted by atomic mass is 79.9. The average molecular weight is 319 g/mol. The number of thiol groups is 1. The maximum absolute atomic E-state index is 5.73. The number of hydrogen-bond donors (Lipinski definition) is 1. The van der Waals surface area contributed by atoms with Crippen molar-refractivity contribution in [3.63, 3.8) is 0 Å². The van der Waals surface area contributed by atoms with Crippen LogP contribution in [-0.4, -0.2) is 25.6 Å². The minimum Gasteiger partial charge on any atom is -0.491 e. The zero-order valence-electron chi connectivity index (χ0n) is 10.3. The molecule has 0 saturated heterocycles. The van der Waals surface area contributed by atoms with Crippen molar-refractivity contribution in [2.75, 3.05) is 25.6 Å². The summed E-state index contributed by atoms with van der Waals surface area (Å²) < 4.78 is 12.1. The molecule has 0 unspecified atom stereocenters. The second-order valence-electron chi connectivity index (χ2n) is 4.02. The van der Waals surface area contributed by atoms with Crippen LogP contribution in [0.4, 0.5) is 0 Å². The highest BCUT2D eigenvalue weighted by Crippen LogP contribution is 2.29. The second-order valence-corrected chi connectivity index (χ2v) is 5.38. The van der Waals surface area contributed by atoms with E-state index in [0.29, 0.717) is 25.7 Å². The zero-order valence-corrected chi connectivity index (χ0v) is 12.8. The van der Waals surface area contributed by atoms with Crippen LogP contribution in [0.15, 0.2) is 22.7 Å². The smallest absolute Gasteiger partial charge is 0.122 e. The summed E-state index contributed by atoms with van der Waals surface area (Å²) in [5, 5.41) is 0. The van der Waals surface area contributed by atoms with Crippen LogP contribution in [0.5, 0.6) is 5.75 Å². The van der Waals surface area contributed by atoms with E-state index >= 15 is 0 Å². The first-order valence-electron chi connectivity index (χ1n) is 5.76. The van der Waals surface area contributed by atoms with Crippen molar-refractivity contribution in [1.29, 1.82) is 0 Å². The first-order valence-corrected chi connectivity index (χ1v) is 7.18. The van der Waals surface area contributed by atoms with Gasteiger partial charge in [0.1, 0.15) is 12.4 Å². The van der Waals surface area contributed by atoms with E-state index in [1.165, 1.54) is 5.56 Å². The highest BCUT2D eigenvalue weighted by Gasteiger charge is 2.08. The molecule has 0 amide bonds. The van der Waals surface area contributed by atoms with Gasteiger partial charge in [0.25, 0.3) is 0 Å². The molecule has 0 heterocycles. The molecule has 1 aromatic rings. The number of halogens is 1. The van der Waals surface area contributed by atoms with Gasteiger partial charge in [-0.15, -0.1) is 0 Å². The fourth-order valence-corrected chi connectivity index (χ4v) is 1.99. The molecule has 0 aliphatic heterocycles. The Labute approximate surface area is 117 Å². The van der Waals surface area contributed by atoms with Gasteiger partial charge in [-0.1, -0.05) is 29.8 Å². The van der Waals surface area contributed by atoms with Crippen LogP contribution >= 0.6 is 28.6 Å². The molecule has 2 nitrogen and oxygen atoms in total. The first kappa shape index (κ1) is 14.9. The Balaban J connectivity index is 2.52. The molecule has 0 bridgehead atoms. The van der Waals surface area contributed by atoms with Crippen molar-refractivity contribution < 1.29 is 9.47 Å². The predicted molar refractivity (Wildman–Crippen MR) is 78.4 cm³/mol. The van der Waals surface area contributed by atoms with Gasteiger partial charge in [-0.3, -0.25) is 0 Å². The van der Waals surface area contributed by atoms with Gasteiger partial charge in [0.05, 0.1) is 13.2 Å². The van der Waals surface area contributed by atoms with E-state index in [-0.39, 0.29) is 0 Å². The third-order valence-electron chi connectivity index (χ3n) is 2.31. The molecule has 0 spiro atoms. The Morgan fingerprint density at radius 1 is 1.24 bits per heavy atom. The van der Waals surface area contributed by atoms with Gasteiger partial charge in [-0.05, 0) is 29.7 Å². The fraction of sp³-hybridized carbons (Fsp3) is 0.538. The highest BCUT2D eigenvalue weighted by molar-refractivity contribution is 9.10. The minimum absolute atomic E-state index is 0.445. The minimum atomic E-state index is 0.445. The van der Waals surface area contributed by atoms with Gasteiger partial charge in [0.2, 0.25) is 0 Å². The number of hydrogen-bond acceptors (Lipinski definition) is 3. The monoisotopic (exact) mass is 318 g/mol. The number of benzene rings is 1. The van der Waals surface area contributed by atoms with Gasteiger partial charge in [0.15, 0.2) is 0 Å². The Hall–Kier alpha value is -0.190. The maximum atomic E-state index is 5.73. The van der Waals surface area contributed by atoms with Crippen molar-refractivity contribution in [3.05, 3.63) is 28.2 Å². The molecule has 0 atom stereocenters. The van der Waals surface area contributed by atoms with Crippen molar-refractivity contribution in [2.24, 2.45) is 0 Å². The molecule has 0 N–H and O–H groups in total. The summed E-state index contributed by atoms with van der Waals surface area (Å²) in [4.78, 5) is 0. The maximum Gasteiger partial charge on any atom is 0.122 e. The molecule has 0 saturated carbocycles. The summed E-state index contributed by atoms with van der Waals surface area (Å²) >= 11 is 7.55. The van der Waals surface area contributed by atoms with E-state index in [2.05, 4.69) is 48.5 Å². The fourth-order valence-electron chi connectivity index (χ4n) is 1.48. The Morgan fingerprint density at radius 2 is 2.00 bits per heavy atom. The second kappa shape index (κ2) is 8.01. The Kier molecular flexibility index (Phi) is 7.00. The molecule has 96 valence electrons. The van der Waals surface area contributed by atoms with Gasteiger partial charge < -0.3 is 9.47 Å². The van der Waals surface area contributed by atoms with E-state index in [1.54, 1.807) is 0 Å². The van der Waals surface area contributed by atoms with E-state index in [4.69, 9.17) is 9.47 Å². The lowest BCUT2D eigenvalue weighted by molar-refractivity contribution is 0.111. The summed E-state index contributed by atoms with van der Waals surface area (Å²) in [5.41, 5.74) is 1.22. The third-order valence-corrected chi connectivity index (χ3v) is 2.99. The molecule has 0 aromatic heterocycles. The Morgan fingerprint density at radius 3 is 2.65 bits per heavy atom. The molecule has 1 aromatic carbocycles. The van der Waals surface area contributed by atoms with Crippen LogP contribution in [0.25, 0.3) is 0 Å². The normalized spacial score (nSPS) is 10.9. The van der Waals surface area contributed by atoms with E-state index in [1.807, 2.05) is 12.1 Å². The largest absolute Gasteiger partial charge is 0.491 e. The molecule has 0 radical (unpaired) electrons. The quantitative estimate of drug-likeness (QED) is 0.607. The lowest BCUT2D eigenvalue weighted by atomic mass is 10.0. The molecule has 4 heteroatoms. The van der Waals surface area contributed by atoms with Gasteiger partial charge in [-0.2, -0.15) is 12.6 Å². The first-order chi connectivity index (χ1) is 8.15. The lowest BCUT2D eigenvalue weighted by Crippen LogP contribution is -2.09. The average Bonchev–Trinajstić information content (AvgIpc) is 2.30. The van der Waals surface area contributed by atoms with E-state index in [0.717, 1.165) is 16.0 Å². The standard InChI is InChI=1S/C13H19BrO2S/c1-10(2)12-9-11(14)3-4-13(12)16-6-5-15-7-8-17/h3-4,9-10,17H,5-8H2,1-2H3. The van der Waals surface area contributed by atoms with Crippen LogP contribution in [0.2, 0.25) is 0 Å². The predicted octanol–water partition coefficient (Wildman–Crippen LogP) is 3.90. The summed E-state index contributed by atoms with van der Waals surface area (Å²) in [6.07, 6.45) is 0. The van der Waals surface area contributed by atoms with Crippen molar-refractivity contribution in [1.82, 2.24) is 0 Å². The van der Waals surface area contributed by atoms with Crippen molar-refractivity contribution in [2.45, 2.75) is 19.8 Å². The van der Waals surface area contributed by atoms with Crippen LogP contribution < -0.4 is 4.74 Å². The molecular formula is C13H19BrO2S. The lowest BCUT2D eigenvalue weighted by Gasteiger charge is -2.14. The van der Waals surface area contributed by atoms with Gasteiger partial charge >= 0.3 is 0 Å². The van der Waals surface area contributed by atoms with Crippen molar-refractivity contribution in [3.8, 4) is 5.75 Å². The SMILES string of the molecule is CC(C)c1cc(Br)ccc1OCCOCCS. The number of ether oxygens (including phenoxy) is 2. The molecule has 17 heavy (non-hydrogen) atoms. The van der Waals surface area contributed by atoms with E-state index < -0.39 is 0 Å². The van der Waals surface area contributed by atoms with Crippen molar-refractivity contribution >= 4 is 28.6 Å². The van der Waals surface area contributed by atoms with Crippen LogP contribution in [0.3, 0.4) is 0 Å². The number of rotatable bonds is 7. The van der Waals surface area contributed by atoms with Crippen LogP contribution in [-0.2, 0) is 4.74 Å². The Bertz CT molecular complexity index is 342. The molecule has 0 aliphatic rings. The molecule has 1 rings (SSSR count). The van der Waals surface area contributed by atoms with E-state index in [9.17, 15) is 0 Å². The third kappa shape index (κ3) is 5.32. The van der Waals surface area contributed by atoms with Crippen LogP contribution in [0.1, 0.15) is 25.3 Å². The molecular weight excluding hydrogens is 300 g/mol. The summed E-state index contributed by atoms with van der Waals surface area (Å²) in [6.45, 7) is 6.17.